The summed E-state index contributed by atoms with van der Waals surface area (Å²) in [5, 5.41) is 36.1. The minimum absolute atomic E-state index is 0.0679. The van der Waals surface area contributed by atoms with E-state index >= 15 is 0 Å². The van der Waals surface area contributed by atoms with Crippen LogP contribution in [0.25, 0.3) is 0 Å². The molecule has 6 nitrogen and oxygen atoms in total. The van der Waals surface area contributed by atoms with E-state index in [-0.39, 0.29) is 19.4 Å². The number of hydrogen-bond acceptors (Lipinski definition) is 5. The van der Waals surface area contributed by atoms with Gasteiger partial charge in [0.25, 0.3) is 0 Å². The number of carboxylic acid groups (broad SMARTS) is 1. The van der Waals surface area contributed by atoms with E-state index in [0.717, 1.165) is 0 Å². The summed E-state index contributed by atoms with van der Waals surface area (Å²) in [6.07, 6.45) is -1.66. The quantitative estimate of drug-likeness (QED) is 0.370. The predicted molar refractivity (Wildman–Crippen MR) is 45.7 cm³/mol. The zero-order valence-electron chi connectivity index (χ0n) is 7.63. The van der Waals surface area contributed by atoms with Crippen LogP contribution in [0.5, 0.6) is 0 Å². The zero-order chi connectivity index (χ0) is 10.7. The van der Waals surface area contributed by atoms with E-state index in [9.17, 15) is 15.0 Å². The van der Waals surface area contributed by atoms with Gasteiger partial charge in [0, 0.05) is 12.5 Å². The van der Waals surface area contributed by atoms with Gasteiger partial charge in [-0.3, -0.25) is 4.79 Å². The summed E-state index contributed by atoms with van der Waals surface area (Å²) < 4.78 is 0. The molecule has 0 saturated heterocycles. The topological polar surface area (TPSA) is 110 Å². The number of aliphatic hydroxyl groups is 2. The smallest absolute Gasteiger partial charge is 0.306 e. The van der Waals surface area contributed by atoms with Gasteiger partial charge in [0.05, 0.1) is 18.1 Å². The third kappa shape index (κ3) is 2.42. The maximum Gasteiger partial charge on any atom is 0.306 e. The van der Waals surface area contributed by atoms with Crippen LogP contribution in [0.1, 0.15) is 12.8 Å². The molecule has 0 radical (unpaired) electrons. The van der Waals surface area contributed by atoms with Gasteiger partial charge in [-0.1, -0.05) is 0 Å². The fourth-order valence-electron chi connectivity index (χ4n) is 1.87. The number of nitrogens with one attached hydrogen (secondary N) is 1. The van der Waals surface area contributed by atoms with Crippen LogP contribution in [-0.4, -0.2) is 45.2 Å². The van der Waals surface area contributed by atoms with Crippen LogP contribution in [0.15, 0.2) is 0 Å². The first-order valence-corrected chi connectivity index (χ1v) is 4.52. The summed E-state index contributed by atoms with van der Waals surface area (Å²) in [7, 11) is 0. The van der Waals surface area contributed by atoms with Crippen molar-refractivity contribution in [2.24, 2.45) is 11.8 Å². The van der Waals surface area contributed by atoms with E-state index in [0.29, 0.717) is 0 Å². The molecule has 6 heteroatoms. The third-order valence-electron chi connectivity index (χ3n) is 2.69. The maximum atomic E-state index is 10.7. The highest BCUT2D eigenvalue weighted by Gasteiger charge is 2.38. The Bertz CT molecular complexity index is 210. The van der Waals surface area contributed by atoms with Crippen molar-refractivity contribution in [3.63, 3.8) is 0 Å². The van der Waals surface area contributed by atoms with Gasteiger partial charge in [-0.25, -0.2) is 5.48 Å². The van der Waals surface area contributed by atoms with Crippen molar-refractivity contribution in [1.82, 2.24) is 5.48 Å². The highest BCUT2D eigenvalue weighted by molar-refractivity contribution is 5.70. The van der Waals surface area contributed by atoms with E-state index in [4.69, 9.17) is 10.3 Å². The van der Waals surface area contributed by atoms with Crippen LogP contribution in [0.3, 0.4) is 0 Å². The fourth-order valence-corrected chi connectivity index (χ4v) is 1.87. The molecule has 1 aliphatic rings. The van der Waals surface area contributed by atoms with Gasteiger partial charge in [-0.05, 0) is 12.8 Å². The number of rotatable bonds is 3. The van der Waals surface area contributed by atoms with Crippen molar-refractivity contribution in [1.29, 1.82) is 0 Å². The lowest BCUT2D eigenvalue weighted by Gasteiger charge is -2.34. The number of aliphatic hydroxyl groups excluding tert-OH is 2. The van der Waals surface area contributed by atoms with Gasteiger partial charge in [0.2, 0.25) is 0 Å². The third-order valence-corrected chi connectivity index (χ3v) is 2.69. The second kappa shape index (κ2) is 4.70. The Morgan fingerprint density at radius 2 is 2.00 bits per heavy atom. The lowest BCUT2D eigenvalue weighted by molar-refractivity contribution is -0.149. The van der Waals surface area contributed by atoms with E-state index in [1.54, 1.807) is 0 Å². The second-order valence-corrected chi connectivity index (χ2v) is 3.69. The molecular weight excluding hydrogens is 190 g/mol. The van der Waals surface area contributed by atoms with E-state index < -0.39 is 30.0 Å². The number of hydroxylamine groups is 1. The Morgan fingerprint density at radius 1 is 1.36 bits per heavy atom. The van der Waals surface area contributed by atoms with Gasteiger partial charge in [-0.15, -0.1) is 0 Å². The first kappa shape index (κ1) is 11.4. The van der Waals surface area contributed by atoms with Crippen molar-refractivity contribution in [3.05, 3.63) is 0 Å². The minimum atomic E-state index is -1.02. The molecule has 14 heavy (non-hydrogen) atoms. The Labute approximate surface area is 81.1 Å². The molecule has 0 heterocycles. The van der Waals surface area contributed by atoms with Crippen LogP contribution in [0.2, 0.25) is 0 Å². The Hall–Kier alpha value is -0.690. The summed E-state index contributed by atoms with van der Waals surface area (Å²) >= 11 is 0. The monoisotopic (exact) mass is 205 g/mol. The molecule has 1 aliphatic carbocycles. The molecule has 5 N–H and O–H groups in total. The number of carboxylic acids is 1. The first-order chi connectivity index (χ1) is 6.56. The normalized spacial score (nSPS) is 38.2. The SMILES string of the molecule is O=C(O)C1CC(O)C(O)C(CNO)C1. The van der Waals surface area contributed by atoms with Crippen molar-refractivity contribution in [2.75, 3.05) is 6.54 Å². The Balaban J connectivity index is 2.61. The van der Waals surface area contributed by atoms with Crippen LogP contribution in [0.4, 0.5) is 0 Å². The van der Waals surface area contributed by atoms with E-state index in [1.165, 1.54) is 0 Å². The fraction of sp³-hybridized carbons (Fsp3) is 0.875. The number of aliphatic carboxylic acids is 1. The molecule has 0 bridgehead atoms. The van der Waals surface area contributed by atoms with Gasteiger partial charge < -0.3 is 20.5 Å². The Morgan fingerprint density at radius 3 is 2.50 bits per heavy atom. The van der Waals surface area contributed by atoms with Crippen LogP contribution >= 0.6 is 0 Å². The maximum absolute atomic E-state index is 10.7. The van der Waals surface area contributed by atoms with Gasteiger partial charge >= 0.3 is 5.97 Å². The van der Waals surface area contributed by atoms with Crippen molar-refractivity contribution in [2.45, 2.75) is 25.0 Å². The molecule has 82 valence electrons. The summed E-state index contributed by atoms with van der Waals surface area (Å²) in [6, 6.07) is 0. The van der Waals surface area contributed by atoms with Crippen LogP contribution in [-0.2, 0) is 4.79 Å². The molecule has 1 rings (SSSR count). The molecule has 0 aliphatic heterocycles. The first-order valence-electron chi connectivity index (χ1n) is 4.52. The highest BCUT2D eigenvalue weighted by Crippen LogP contribution is 2.29. The highest BCUT2D eigenvalue weighted by atomic mass is 16.5. The van der Waals surface area contributed by atoms with Crippen molar-refractivity contribution < 1.29 is 25.3 Å². The molecule has 4 unspecified atom stereocenters. The van der Waals surface area contributed by atoms with Gasteiger partial charge in [0.1, 0.15) is 0 Å². The van der Waals surface area contributed by atoms with Crippen molar-refractivity contribution in [3.8, 4) is 0 Å². The van der Waals surface area contributed by atoms with Crippen molar-refractivity contribution >= 4 is 5.97 Å². The summed E-state index contributed by atoms with van der Waals surface area (Å²) in [6.45, 7) is 0.0853. The predicted octanol–water partition coefficient (Wildman–Crippen LogP) is -1.20. The average Bonchev–Trinajstić information content (AvgIpc) is 2.12. The summed E-state index contributed by atoms with van der Waals surface area (Å²) in [5.74, 6) is -2.05. The average molecular weight is 205 g/mol. The van der Waals surface area contributed by atoms with E-state index in [1.807, 2.05) is 5.48 Å². The number of carbonyl (C=O) groups is 1. The van der Waals surface area contributed by atoms with Crippen LogP contribution in [0, 0.1) is 11.8 Å². The largest absolute Gasteiger partial charge is 0.481 e. The molecule has 1 saturated carbocycles. The second-order valence-electron chi connectivity index (χ2n) is 3.69. The van der Waals surface area contributed by atoms with Gasteiger partial charge in [0.15, 0.2) is 0 Å². The number of hydrogen-bond donors (Lipinski definition) is 5. The molecule has 1 fully saturated rings. The molecule has 0 aromatic heterocycles. The lowest BCUT2D eigenvalue weighted by atomic mass is 9.78. The molecule has 0 aromatic carbocycles. The molecular formula is C8H15NO5. The lowest BCUT2D eigenvalue weighted by Crippen LogP contribution is -2.46. The standard InChI is InChI=1S/C8H15NO5/c10-6-2-4(8(12)13)1-5(3-9-14)7(6)11/h4-7,9-11,14H,1-3H2,(H,12,13). The molecule has 4 atom stereocenters. The molecule has 0 aromatic rings. The molecule has 0 amide bonds. The summed E-state index contributed by atoms with van der Waals surface area (Å²) in [4.78, 5) is 10.7. The van der Waals surface area contributed by atoms with Crippen LogP contribution < -0.4 is 5.48 Å². The molecule has 0 spiro atoms. The zero-order valence-corrected chi connectivity index (χ0v) is 7.63. The van der Waals surface area contributed by atoms with Gasteiger partial charge in [-0.2, -0.15) is 0 Å². The van der Waals surface area contributed by atoms with E-state index in [2.05, 4.69) is 0 Å². The minimum Gasteiger partial charge on any atom is -0.481 e. The Kier molecular flexibility index (Phi) is 3.82. The summed E-state index contributed by atoms with van der Waals surface area (Å²) in [5.41, 5.74) is 1.88.